The normalized spacial score (nSPS) is 11.7. The lowest BCUT2D eigenvalue weighted by Crippen LogP contribution is -2.36. The van der Waals surface area contributed by atoms with E-state index in [1.807, 2.05) is 56.3 Å². The van der Waals surface area contributed by atoms with Crippen LogP contribution < -0.4 is 16.0 Å². The summed E-state index contributed by atoms with van der Waals surface area (Å²) in [7, 11) is 0. The lowest BCUT2D eigenvalue weighted by Gasteiger charge is -2.12. The molecule has 122 valence electrons. The van der Waals surface area contributed by atoms with Gasteiger partial charge in [0.25, 0.3) is 0 Å². The van der Waals surface area contributed by atoms with Crippen molar-refractivity contribution in [3.05, 3.63) is 42.5 Å². The number of carbonyl (C=O) groups excluding carboxylic acids is 2. The Labute approximate surface area is 136 Å². The van der Waals surface area contributed by atoms with Crippen LogP contribution in [-0.4, -0.2) is 24.5 Å². The van der Waals surface area contributed by atoms with Crippen LogP contribution in [0.3, 0.4) is 0 Å². The summed E-state index contributed by atoms with van der Waals surface area (Å²) in [6.45, 7) is 4.28. The van der Waals surface area contributed by atoms with E-state index in [0.717, 1.165) is 22.9 Å². The predicted octanol–water partition coefficient (Wildman–Crippen LogP) is 3.27. The second-order valence-electron chi connectivity index (χ2n) is 5.57. The van der Waals surface area contributed by atoms with Gasteiger partial charge in [-0.15, -0.1) is 0 Å². The van der Waals surface area contributed by atoms with Crippen LogP contribution in [0.5, 0.6) is 0 Å². The number of fused-ring (bicyclic) bond motifs is 1. The van der Waals surface area contributed by atoms with Gasteiger partial charge in [0.1, 0.15) is 0 Å². The van der Waals surface area contributed by atoms with Crippen LogP contribution in [0.2, 0.25) is 0 Å². The van der Waals surface area contributed by atoms with Crippen LogP contribution in [0.15, 0.2) is 42.5 Å². The third kappa shape index (κ3) is 5.29. The molecule has 1 unspecified atom stereocenters. The molecule has 0 spiro atoms. The van der Waals surface area contributed by atoms with Gasteiger partial charge in [-0.25, -0.2) is 4.79 Å². The molecule has 0 saturated heterocycles. The first kappa shape index (κ1) is 16.8. The number of carbonyl (C=O) groups is 2. The summed E-state index contributed by atoms with van der Waals surface area (Å²) in [5.41, 5.74) is 0.727. The first-order valence-corrected chi connectivity index (χ1v) is 7.91. The van der Waals surface area contributed by atoms with Gasteiger partial charge in [-0.2, -0.15) is 0 Å². The summed E-state index contributed by atoms with van der Waals surface area (Å²) in [5.74, 6) is -0.0506. The maximum atomic E-state index is 11.9. The molecular formula is C18H23N3O2. The summed E-state index contributed by atoms with van der Waals surface area (Å²) in [4.78, 5) is 23.5. The molecule has 2 aromatic carbocycles. The first-order valence-electron chi connectivity index (χ1n) is 7.91. The third-order valence-corrected chi connectivity index (χ3v) is 3.66. The minimum absolute atomic E-state index is 0.0506. The van der Waals surface area contributed by atoms with Crippen molar-refractivity contribution < 1.29 is 9.59 Å². The molecule has 2 rings (SSSR count). The van der Waals surface area contributed by atoms with Crippen molar-refractivity contribution in [1.29, 1.82) is 0 Å². The first-order chi connectivity index (χ1) is 11.1. The Morgan fingerprint density at radius 2 is 1.83 bits per heavy atom. The zero-order valence-electron chi connectivity index (χ0n) is 13.6. The molecule has 5 heteroatoms. The van der Waals surface area contributed by atoms with Crippen molar-refractivity contribution in [1.82, 2.24) is 10.6 Å². The van der Waals surface area contributed by atoms with E-state index in [1.54, 1.807) is 0 Å². The average Bonchev–Trinajstić information content (AvgIpc) is 2.54. The van der Waals surface area contributed by atoms with Crippen molar-refractivity contribution >= 4 is 28.4 Å². The van der Waals surface area contributed by atoms with E-state index in [0.29, 0.717) is 6.54 Å². The molecule has 0 aromatic heterocycles. The van der Waals surface area contributed by atoms with Crippen LogP contribution >= 0.6 is 0 Å². The fraction of sp³-hybridized carbons (Fsp3) is 0.333. The number of urea groups is 1. The van der Waals surface area contributed by atoms with Crippen molar-refractivity contribution in [2.24, 2.45) is 0 Å². The zero-order valence-corrected chi connectivity index (χ0v) is 13.6. The molecule has 0 bridgehead atoms. The molecule has 3 N–H and O–H groups in total. The fourth-order valence-electron chi connectivity index (χ4n) is 2.18. The second kappa shape index (κ2) is 8.17. The minimum atomic E-state index is -0.309. The SMILES string of the molecule is CCC(C)NC(=O)CCNC(=O)Nc1ccc2ccccc2c1. The Balaban J connectivity index is 1.78. The topological polar surface area (TPSA) is 70.2 Å². The second-order valence-corrected chi connectivity index (χ2v) is 5.57. The van der Waals surface area contributed by atoms with E-state index in [1.165, 1.54) is 0 Å². The van der Waals surface area contributed by atoms with Gasteiger partial charge in [-0.05, 0) is 36.2 Å². The zero-order chi connectivity index (χ0) is 16.7. The number of benzene rings is 2. The Kier molecular flexibility index (Phi) is 5.97. The molecule has 1 atom stereocenters. The summed E-state index contributed by atoms with van der Waals surface area (Å²) < 4.78 is 0. The van der Waals surface area contributed by atoms with Gasteiger partial charge in [-0.3, -0.25) is 4.79 Å². The van der Waals surface area contributed by atoms with Gasteiger partial charge in [0.2, 0.25) is 5.91 Å². The van der Waals surface area contributed by atoms with Gasteiger partial charge >= 0.3 is 6.03 Å². The van der Waals surface area contributed by atoms with Crippen molar-refractivity contribution in [2.45, 2.75) is 32.7 Å². The Morgan fingerprint density at radius 3 is 2.57 bits per heavy atom. The van der Waals surface area contributed by atoms with Crippen LogP contribution in [0.1, 0.15) is 26.7 Å². The lowest BCUT2D eigenvalue weighted by atomic mass is 10.1. The van der Waals surface area contributed by atoms with Gasteiger partial charge in [0.05, 0.1) is 0 Å². The molecule has 5 nitrogen and oxygen atoms in total. The average molecular weight is 313 g/mol. The predicted molar refractivity (Wildman–Crippen MR) is 93.5 cm³/mol. The summed E-state index contributed by atoms with van der Waals surface area (Å²) >= 11 is 0. The van der Waals surface area contributed by atoms with Crippen LogP contribution in [0.25, 0.3) is 10.8 Å². The Bertz CT molecular complexity index is 685. The van der Waals surface area contributed by atoms with Crippen LogP contribution in [0.4, 0.5) is 10.5 Å². The highest BCUT2D eigenvalue weighted by Crippen LogP contribution is 2.18. The summed E-state index contributed by atoms with van der Waals surface area (Å²) in [6, 6.07) is 13.6. The van der Waals surface area contributed by atoms with Crippen LogP contribution in [0, 0.1) is 0 Å². The van der Waals surface area contributed by atoms with Crippen molar-refractivity contribution in [2.75, 3.05) is 11.9 Å². The minimum Gasteiger partial charge on any atom is -0.354 e. The fourth-order valence-corrected chi connectivity index (χ4v) is 2.18. The number of amides is 3. The van der Waals surface area contributed by atoms with Crippen molar-refractivity contribution in [3.8, 4) is 0 Å². The van der Waals surface area contributed by atoms with E-state index in [-0.39, 0.29) is 24.4 Å². The highest BCUT2D eigenvalue weighted by atomic mass is 16.2. The highest BCUT2D eigenvalue weighted by Gasteiger charge is 2.07. The van der Waals surface area contributed by atoms with Gasteiger partial charge < -0.3 is 16.0 Å². The molecule has 0 aliphatic heterocycles. The Hall–Kier alpha value is -2.56. The third-order valence-electron chi connectivity index (χ3n) is 3.66. The van der Waals surface area contributed by atoms with Gasteiger partial charge in [0.15, 0.2) is 0 Å². The maximum absolute atomic E-state index is 11.9. The molecule has 0 fully saturated rings. The van der Waals surface area contributed by atoms with E-state index in [4.69, 9.17) is 0 Å². The number of nitrogens with one attached hydrogen (secondary N) is 3. The number of hydrogen-bond donors (Lipinski definition) is 3. The summed E-state index contributed by atoms with van der Waals surface area (Å²) in [5, 5.41) is 10.5. The maximum Gasteiger partial charge on any atom is 0.319 e. The molecule has 0 aliphatic rings. The van der Waals surface area contributed by atoms with E-state index in [9.17, 15) is 9.59 Å². The molecule has 23 heavy (non-hydrogen) atoms. The van der Waals surface area contributed by atoms with E-state index < -0.39 is 0 Å². The van der Waals surface area contributed by atoms with Gasteiger partial charge in [0, 0.05) is 24.7 Å². The van der Waals surface area contributed by atoms with E-state index >= 15 is 0 Å². The number of hydrogen-bond acceptors (Lipinski definition) is 2. The lowest BCUT2D eigenvalue weighted by molar-refractivity contribution is -0.121. The van der Waals surface area contributed by atoms with Gasteiger partial charge in [-0.1, -0.05) is 37.3 Å². The Morgan fingerprint density at radius 1 is 1.09 bits per heavy atom. The van der Waals surface area contributed by atoms with Crippen molar-refractivity contribution in [3.63, 3.8) is 0 Å². The molecular weight excluding hydrogens is 290 g/mol. The quantitative estimate of drug-likeness (QED) is 0.766. The molecule has 0 saturated carbocycles. The van der Waals surface area contributed by atoms with Crippen LogP contribution in [-0.2, 0) is 4.79 Å². The smallest absolute Gasteiger partial charge is 0.319 e. The van der Waals surface area contributed by atoms with E-state index in [2.05, 4.69) is 16.0 Å². The molecule has 0 radical (unpaired) electrons. The summed E-state index contributed by atoms with van der Waals surface area (Å²) in [6.07, 6.45) is 1.16. The largest absolute Gasteiger partial charge is 0.354 e. The molecule has 0 heterocycles. The molecule has 3 amide bonds. The number of anilines is 1. The standard InChI is InChI=1S/C18H23N3O2/c1-3-13(2)20-17(22)10-11-19-18(23)21-16-9-8-14-6-4-5-7-15(14)12-16/h4-9,12-13H,3,10-11H2,1-2H3,(H,20,22)(H2,19,21,23). The highest BCUT2D eigenvalue weighted by molar-refractivity contribution is 5.93. The molecule has 0 aliphatic carbocycles. The molecule has 2 aromatic rings. The monoisotopic (exact) mass is 313 g/mol. The number of rotatable bonds is 6.